The summed E-state index contributed by atoms with van der Waals surface area (Å²) in [5, 5.41) is 0.263. The Balaban J connectivity index is 1.66. The standard InChI is InChI=1S/C18H18ClF3N2O/c19-16-10-15(25-12-13-4-2-1-3-5-13)11-17(23-16)24-8-6-14(7-9-24)18(20,21)22/h1-5,10-11,14H,6-9,12H2. The maximum atomic E-state index is 12.8. The molecule has 0 aliphatic carbocycles. The van der Waals surface area contributed by atoms with E-state index in [9.17, 15) is 13.2 Å². The third-order valence-corrected chi connectivity index (χ3v) is 4.48. The summed E-state index contributed by atoms with van der Waals surface area (Å²) in [5.41, 5.74) is 1.02. The molecule has 0 bridgehead atoms. The Labute approximate surface area is 149 Å². The van der Waals surface area contributed by atoms with E-state index in [1.807, 2.05) is 35.2 Å². The second-order valence-corrected chi connectivity index (χ2v) is 6.45. The Morgan fingerprint density at radius 3 is 2.44 bits per heavy atom. The van der Waals surface area contributed by atoms with Crippen molar-refractivity contribution in [3.63, 3.8) is 0 Å². The molecule has 0 saturated carbocycles. The molecular formula is C18H18ClF3N2O. The molecule has 2 heterocycles. The second kappa shape index (κ2) is 7.52. The van der Waals surface area contributed by atoms with Gasteiger partial charge >= 0.3 is 6.18 Å². The fraction of sp³-hybridized carbons (Fsp3) is 0.389. The summed E-state index contributed by atoms with van der Waals surface area (Å²) in [6, 6.07) is 13.0. The van der Waals surface area contributed by atoms with Crippen molar-refractivity contribution >= 4 is 17.4 Å². The number of rotatable bonds is 4. The van der Waals surface area contributed by atoms with E-state index in [1.54, 1.807) is 12.1 Å². The Morgan fingerprint density at radius 1 is 1.12 bits per heavy atom. The third-order valence-electron chi connectivity index (χ3n) is 4.28. The van der Waals surface area contributed by atoms with E-state index in [2.05, 4.69) is 4.98 Å². The fourth-order valence-corrected chi connectivity index (χ4v) is 3.08. The number of hydrogen-bond acceptors (Lipinski definition) is 3. The first-order chi connectivity index (χ1) is 11.9. The number of hydrogen-bond donors (Lipinski definition) is 0. The van der Waals surface area contributed by atoms with Crippen molar-refractivity contribution in [3.8, 4) is 5.75 Å². The molecule has 1 saturated heterocycles. The van der Waals surface area contributed by atoms with Gasteiger partial charge in [0.15, 0.2) is 0 Å². The van der Waals surface area contributed by atoms with E-state index in [1.165, 1.54) is 0 Å². The van der Waals surface area contributed by atoms with Crippen molar-refractivity contribution in [2.45, 2.75) is 25.6 Å². The van der Waals surface area contributed by atoms with Crippen LogP contribution >= 0.6 is 11.6 Å². The number of aromatic nitrogens is 1. The van der Waals surface area contributed by atoms with Gasteiger partial charge in [-0.3, -0.25) is 0 Å². The van der Waals surface area contributed by atoms with Gasteiger partial charge in [-0.2, -0.15) is 13.2 Å². The summed E-state index contributed by atoms with van der Waals surface area (Å²) in [5.74, 6) is -0.135. The normalized spacial score (nSPS) is 16.1. The van der Waals surface area contributed by atoms with Crippen molar-refractivity contribution in [1.82, 2.24) is 4.98 Å². The minimum atomic E-state index is -4.13. The number of ether oxygens (including phenoxy) is 1. The number of anilines is 1. The molecule has 0 amide bonds. The van der Waals surface area contributed by atoms with Gasteiger partial charge in [0.25, 0.3) is 0 Å². The van der Waals surface area contributed by atoms with Crippen LogP contribution in [0.3, 0.4) is 0 Å². The zero-order valence-electron chi connectivity index (χ0n) is 13.5. The monoisotopic (exact) mass is 370 g/mol. The van der Waals surface area contributed by atoms with Gasteiger partial charge in [0.2, 0.25) is 0 Å². The number of pyridine rings is 1. The molecule has 0 atom stereocenters. The number of benzene rings is 1. The molecule has 3 rings (SSSR count). The first-order valence-electron chi connectivity index (χ1n) is 8.08. The number of piperidine rings is 1. The molecule has 1 aromatic heterocycles. The molecule has 1 fully saturated rings. The quantitative estimate of drug-likeness (QED) is 0.701. The topological polar surface area (TPSA) is 25.4 Å². The highest BCUT2D eigenvalue weighted by molar-refractivity contribution is 6.29. The lowest BCUT2D eigenvalue weighted by Gasteiger charge is -2.33. The van der Waals surface area contributed by atoms with E-state index in [4.69, 9.17) is 16.3 Å². The first kappa shape index (κ1) is 17.9. The number of nitrogens with zero attached hydrogens (tertiary/aromatic N) is 2. The number of alkyl halides is 3. The van der Waals surface area contributed by atoms with Gasteiger partial charge in [0, 0.05) is 25.2 Å². The molecule has 0 N–H and O–H groups in total. The van der Waals surface area contributed by atoms with Crippen molar-refractivity contribution < 1.29 is 17.9 Å². The van der Waals surface area contributed by atoms with Crippen LogP contribution in [0.2, 0.25) is 5.15 Å². The molecule has 3 nitrogen and oxygen atoms in total. The van der Waals surface area contributed by atoms with Crippen LogP contribution in [0.25, 0.3) is 0 Å². The van der Waals surface area contributed by atoms with Gasteiger partial charge in [0.05, 0.1) is 5.92 Å². The SMILES string of the molecule is FC(F)(F)C1CCN(c2cc(OCc3ccccc3)cc(Cl)n2)CC1. The first-order valence-corrected chi connectivity index (χ1v) is 8.45. The summed E-state index contributed by atoms with van der Waals surface area (Å²) in [6.07, 6.45) is -3.99. The van der Waals surface area contributed by atoms with E-state index in [-0.39, 0.29) is 18.0 Å². The molecule has 1 aliphatic rings. The predicted molar refractivity (Wildman–Crippen MR) is 91.0 cm³/mol. The molecule has 1 aromatic carbocycles. The van der Waals surface area contributed by atoms with E-state index < -0.39 is 12.1 Å². The Morgan fingerprint density at radius 2 is 1.80 bits per heavy atom. The molecule has 0 unspecified atom stereocenters. The Bertz CT molecular complexity index is 701. The summed E-state index contributed by atoms with van der Waals surface area (Å²) in [7, 11) is 0. The maximum absolute atomic E-state index is 12.8. The summed E-state index contributed by atoms with van der Waals surface area (Å²) in [6.45, 7) is 0.988. The van der Waals surface area contributed by atoms with Crippen LogP contribution in [0, 0.1) is 5.92 Å². The average Bonchev–Trinajstić information content (AvgIpc) is 2.60. The lowest BCUT2D eigenvalue weighted by Crippen LogP contribution is -2.39. The van der Waals surface area contributed by atoms with Crippen LogP contribution in [-0.4, -0.2) is 24.2 Å². The van der Waals surface area contributed by atoms with E-state index in [0.29, 0.717) is 31.3 Å². The molecule has 2 aromatic rings. The van der Waals surface area contributed by atoms with Crippen LogP contribution < -0.4 is 9.64 Å². The van der Waals surface area contributed by atoms with Gasteiger partial charge in [-0.05, 0) is 18.4 Å². The van der Waals surface area contributed by atoms with Crippen molar-refractivity contribution in [3.05, 3.63) is 53.2 Å². The van der Waals surface area contributed by atoms with Crippen LogP contribution in [0.15, 0.2) is 42.5 Å². The fourth-order valence-electron chi connectivity index (χ4n) is 2.88. The van der Waals surface area contributed by atoms with Gasteiger partial charge in [-0.15, -0.1) is 0 Å². The van der Waals surface area contributed by atoms with Gasteiger partial charge in [0.1, 0.15) is 23.3 Å². The highest BCUT2D eigenvalue weighted by Crippen LogP contribution is 2.35. The molecule has 0 spiro atoms. The van der Waals surface area contributed by atoms with Gasteiger partial charge in [-0.25, -0.2) is 4.98 Å². The molecule has 7 heteroatoms. The smallest absolute Gasteiger partial charge is 0.391 e. The highest BCUT2D eigenvalue weighted by atomic mass is 35.5. The highest BCUT2D eigenvalue weighted by Gasteiger charge is 2.41. The van der Waals surface area contributed by atoms with Crippen molar-refractivity contribution in [2.24, 2.45) is 5.92 Å². The van der Waals surface area contributed by atoms with E-state index in [0.717, 1.165) is 5.56 Å². The molecule has 1 aliphatic heterocycles. The predicted octanol–water partition coefficient (Wildman–Crippen LogP) is 5.09. The zero-order chi connectivity index (χ0) is 17.9. The van der Waals surface area contributed by atoms with Crippen LogP contribution in [0.1, 0.15) is 18.4 Å². The average molecular weight is 371 g/mol. The Hall–Kier alpha value is -1.95. The van der Waals surface area contributed by atoms with Crippen molar-refractivity contribution in [1.29, 1.82) is 0 Å². The van der Waals surface area contributed by atoms with Gasteiger partial charge in [-0.1, -0.05) is 41.9 Å². The maximum Gasteiger partial charge on any atom is 0.391 e. The summed E-state index contributed by atoms with van der Waals surface area (Å²) in [4.78, 5) is 6.05. The molecule has 134 valence electrons. The second-order valence-electron chi connectivity index (χ2n) is 6.06. The third kappa shape index (κ3) is 4.78. The minimum absolute atomic E-state index is 0.0674. The largest absolute Gasteiger partial charge is 0.489 e. The van der Waals surface area contributed by atoms with Crippen LogP contribution in [0.5, 0.6) is 5.75 Å². The summed E-state index contributed by atoms with van der Waals surface area (Å²) < 4.78 is 44.1. The van der Waals surface area contributed by atoms with Crippen LogP contribution in [-0.2, 0) is 6.61 Å². The Kier molecular flexibility index (Phi) is 5.37. The molecule has 0 radical (unpaired) electrons. The van der Waals surface area contributed by atoms with Crippen LogP contribution in [0.4, 0.5) is 19.0 Å². The number of halogens is 4. The zero-order valence-corrected chi connectivity index (χ0v) is 14.2. The van der Waals surface area contributed by atoms with E-state index >= 15 is 0 Å². The molecule has 25 heavy (non-hydrogen) atoms. The lowest BCUT2D eigenvalue weighted by atomic mass is 9.96. The lowest BCUT2D eigenvalue weighted by molar-refractivity contribution is -0.179. The molecular weight excluding hydrogens is 353 g/mol. The minimum Gasteiger partial charge on any atom is -0.489 e. The van der Waals surface area contributed by atoms with Gasteiger partial charge < -0.3 is 9.64 Å². The summed E-state index contributed by atoms with van der Waals surface area (Å²) >= 11 is 6.05. The van der Waals surface area contributed by atoms with Crippen molar-refractivity contribution in [2.75, 3.05) is 18.0 Å².